The number of carbonyl (C=O) groups is 1. The summed E-state index contributed by atoms with van der Waals surface area (Å²) in [5.74, 6) is 2.06. The zero-order valence-corrected chi connectivity index (χ0v) is 9.07. The van der Waals surface area contributed by atoms with Gasteiger partial charge in [0.1, 0.15) is 6.29 Å². The van der Waals surface area contributed by atoms with Crippen LogP contribution in [0.3, 0.4) is 0 Å². The first-order valence-corrected chi connectivity index (χ1v) is 5.41. The number of benzene rings is 1. The topological polar surface area (TPSA) is 35.5 Å². The SMILES string of the molecule is O=CC(CS)Cc1ccc2c(c1)OCO2. The molecule has 0 N–H and O–H groups in total. The maximum Gasteiger partial charge on any atom is 0.231 e. The third-order valence-electron chi connectivity index (χ3n) is 2.36. The van der Waals surface area contributed by atoms with Crippen molar-refractivity contribution in [2.45, 2.75) is 6.42 Å². The van der Waals surface area contributed by atoms with Gasteiger partial charge in [-0.3, -0.25) is 0 Å². The summed E-state index contributed by atoms with van der Waals surface area (Å²) in [6.45, 7) is 0.280. The van der Waals surface area contributed by atoms with Gasteiger partial charge in [-0.1, -0.05) is 6.07 Å². The lowest BCUT2D eigenvalue weighted by Gasteiger charge is -2.07. The van der Waals surface area contributed by atoms with Crippen molar-refractivity contribution < 1.29 is 14.3 Å². The summed E-state index contributed by atoms with van der Waals surface area (Å²) in [5, 5.41) is 0. The van der Waals surface area contributed by atoms with Gasteiger partial charge in [0, 0.05) is 11.7 Å². The largest absolute Gasteiger partial charge is 0.454 e. The van der Waals surface area contributed by atoms with Crippen LogP contribution in [-0.4, -0.2) is 18.8 Å². The average molecular weight is 224 g/mol. The van der Waals surface area contributed by atoms with E-state index in [9.17, 15) is 4.79 Å². The van der Waals surface area contributed by atoms with Crippen LogP contribution < -0.4 is 9.47 Å². The molecule has 0 aromatic heterocycles. The molecule has 0 radical (unpaired) electrons. The Bertz CT molecular complexity index is 365. The van der Waals surface area contributed by atoms with E-state index in [2.05, 4.69) is 12.6 Å². The predicted molar refractivity (Wildman–Crippen MR) is 59.7 cm³/mol. The van der Waals surface area contributed by atoms with Crippen molar-refractivity contribution >= 4 is 18.9 Å². The summed E-state index contributed by atoms with van der Waals surface area (Å²) in [6, 6.07) is 5.74. The summed E-state index contributed by atoms with van der Waals surface area (Å²) < 4.78 is 10.5. The van der Waals surface area contributed by atoms with Crippen LogP contribution in [0.5, 0.6) is 11.5 Å². The molecule has 1 aromatic rings. The standard InChI is InChI=1S/C11H12O3S/c12-5-9(6-15)3-8-1-2-10-11(4-8)14-7-13-10/h1-2,4-5,9,15H,3,6-7H2. The highest BCUT2D eigenvalue weighted by Gasteiger charge is 2.14. The van der Waals surface area contributed by atoms with Crippen LogP contribution in [0.25, 0.3) is 0 Å². The quantitative estimate of drug-likeness (QED) is 0.624. The van der Waals surface area contributed by atoms with E-state index in [1.165, 1.54) is 0 Å². The molecule has 15 heavy (non-hydrogen) atoms. The maximum atomic E-state index is 10.7. The Hall–Kier alpha value is -1.16. The van der Waals surface area contributed by atoms with Crippen LogP contribution in [0.1, 0.15) is 5.56 Å². The molecule has 1 unspecified atom stereocenters. The second kappa shape index (κ2) is 4.57. The van der Waals surface area contributed by atoms with Crippen LogP contribution in [0.4, 0.5) is 0 Å². The molecule has 0 aliphatic carbocycles. The first-order chi connectivity index (χ1) is 7.33. The summed E-state index contributed by atoms with van der Waals surface area (Å²) in [4.78, 5) is 10.7. The van der Waals surface area contributed by atoms with Crippen LogP contribution in [0, 0.1) is 5.92 Å². The average Bonchev–Trinajstić information content (AvgIpc) is 2.73. The van der Waals surface area contributed by atoms with Gasteiger partial charge in [-0.25, -0.2) is 0 Å². The van der Waals surface area contributed by atoms with Crippen molar-refractivity contribution in [1.29, 1.82) is 0 Å². The zero-order chi connectivity index (χ0) is 10.7. The fraction of sp³-hybridized carbons (Fsp3) is 0.364. The van der Waals surface area contributed by atoms with E-state index in [-0.39, 0.29) is 12.7 Å². The van der Waals surface area contributed by atoms with E-state index in [1.807, 2.05) is 18.2 Å². The second-order valence-electron chi connectivity index (χ2n) is 3.47. The van der Waals surface area contributed by atoms with E-state index in [1.54, 1.807) is 0 Å². The second-order valence-corrected chi connectivity index (χ2v) is 3.84. The highest BCUT2D eigenvalue weighted by atomic mass is 32.1. The Morgan fingerprint density at radius 2 is 2.20 bits per heavy atom. The van der Waals surface area contributed by atoms with Gasteiger partial charge in [0.15, 0.2) is 11.5 Å². The molecule has 0 spiro atoms. The molecule has 2 rings (SSSR count). The van der Waals surface area contributed by atoms with Crippen molar-refractivity contribution in [3.05, 3.63) is 23.8 Å². The first kappa shape index (κ1) is 10.4. The van der Waals surface area contributed by atoms with Gasteiger partial charge in [0.2, 0.25) is 6.79 Å². The molecular formula is C11H12O3S. The van der Waals surface area contributed by atoms with E-state index in [4.69, 9.17) is 9.47 Å². The van der Waals surface area contributed by atoms with Crippen molar-refractivity contribution in [2.75, 3.05) is 12.5 Å². The molecule has 4 heteroatoms. The molecule has 0 bridgehead atoms. The van der Waals surface area contributed by atoms with Gasteiger partial charge in [-0.2, -0.15) is 12.6 Å². The molecule has 0 saturated carbocycles. The summed E-state index contributed by atoms with van der Waals surface area (Å²) in [6.07, 6.45) is 1.64. The Morgan fingerprint density at radius 1 is 1.40 bits per heavy atom. The van der Waals surface area contributed by atoms with Crippen LogP contribution in [-0.2, 0) is 11.2 Å². The number of hydrogen-bond donors (Lipinski definition) is 1. The molecule has 0 saturated heterocycles. The molecule has 0 amide bonds. The Kier molecular flexibility index (Phi) is 3.16. The van der Waals surface area contributed by atoms with Crippen molar-refractivity contribution in [3.63, 3.8) is 0 Å². The minimum Gasteiger partial charge on any atom is -0.454 e. The van der Waals surface area contributed by atoms with Crippen LogP contribution >= 0.6 is 12.6 Å². The number of thiol groups is 1. The van der Waals surface area contributed by atoms with Gasteiger partial charge >= 0.3 is 0 Å². The highest BCUT2D eigenvalue weighted by Crippen LogP contribution is 2.32. The number of rotatable bonds is 4. The fourth-order valence-corrected chi connectivity index (χ4v) is 1.74. The molecule has 1 aliphatic rings. The van der Waals surface area contributed by atoms with E-state index >= 15 is 0 Å². The van der Waals surface area contributed by atoms with Crippen LogP contribution in [0.2, 0.25) is 0 Å². The van der Waals surface area contributed by atoms with E-state index in [0.717, 1.165) is 23.3 Å². The molecule has 1 aromatic carbocycles. The number of fused-ring (bicyclic) bond motifs is 1. The molecule has 1 heterocycles. The third kappa shape index (κ3) is 2.26. The van der Waals surface area contributed by atoms with Gasteiger partial charge in [0.05, 0.1) is 0 Å². The summed E-state index contributed by atoms with van der Waals surface area (Å²) in [5.41, 5.74) is 1.07. The Morgan fingerprint density at radius 3 is 2.93 bits per heavy atom. The molecular weight excluding hydrogens is 212 g/mol. The Balaban J connectivity index is 2.12. The van der Waals surface area contributed by atoms with Crippen molar-refractivity contribution in [3.8, 4) is 11.5 Å². The Labute approximate surface area is 93.8 Å². The third-order valence-corrected chi connectivity index (χ3v) is 2.83. The zero-order valence-electron chi connectivity index (χ0n) is 8.18. The summed E-state index contributed by atoms with van der Waals surface area (Å²) >= 11 is 4.12. The molecule has 80 valence electrons. The van der Waals surface area contributed by atoms with Gasteiger partial charge < -0.3 is 14.3 Å². The molecule has 3 nitrogen and oxygen atoms in total. The smallest absolute Gasteiger partial charge is 0.231 e. The van der Waals surface area contributed by atoms with Crippen molar-refractivity contribution in [1.82, 2.24) is 0 Å². The van der Waals surface area contributed by atoms with Gasteiger partial charge in [-0.15, -0.1) is 0 Å². The van der Waals surface area contributed by atoms with E-state index in [0.29, 0.717) is 12.2 Å². The minimum absolute atomic E-state index is 0.0336. The number of hydrogen-bond acceptors (Lipinski definition) is 4. The summed E-state index contributed by atoms with van der Waals surface area (Å²) in [7, 11) is 0. The van der Waals surface area contributed by atoms with Gasteiger partial charge in [0.25, 0.3) is 0 Å². The highest BCUT2D eigenvalue weighted by molar-refractivity contribution is 7.80. The fourth-order valence-electron chi connectivity index (χ4n) is 1.53. The normalized spacial score (nSPS) is 15.0. The number of ether oxygens (including phenoxy) is 2. The van der Waals surface area contributed by atoms with Crippen molar-refractivity contribution in [2.24, 2.45) is 5.92 Å². The number of aldehydes is 1. The monoisotopic (exact) mass is 224 g/mol. The maximum absolute atomic E-state index is 10.7. The number of carbonyl (C=O) groups excluding carboxylic acids is 1. The molecule has 1 aliphatic heterocycles. The lowest BCUT2D eigenvalue weighted by atomic mass is 10.0. The molecule has 1 atom stereocenters. The predicted octanol–water partition coefficient (Wildman–Crippen LogP) is 1.70. The lowest BCUT2D eigenvalue weighted by molar-refractivity contribution is -0.110. The lowest BCUT2D eigenvalue weighted by Crippen LogP contribution is -2.07. The molecule has 0 fully saturated rings. The van der Waals surface area contributed by atoms with E-state index < -0.39 is 0 Å². The van der Waals surface area contributed by atoms with Crippen LogP contribution in [0.15, 0.2) is 18.2 Å². The minimum atomic E-state index is -0.0336. The van der Waals surface area contributed by atoms with Gasteiger partial charge in [-0.05, 0) is 24.1 Å². The first-order valence-electron chi connectivity index (χ1n) is 4.78.